The molecular weight excluding hydrogens is 341 g/mol. The summed E-state index contributed by atoms with van der Waals surface area (Å²) < 4.78 is 38.8. The molecule has 0 spiro atoms. The molecule has 24 heavy (non-hydrogen) atoms. The second-order valence-electron chi connectivity index (χ2n) is 5.36. The maximum atomic E-state index is 12.9. The molecule has 0 heterocycles. The first-order valence-electron chi connectivity index (χ1n) is 7.15. The molecule has 7 heteroatoms. The van der Waals surface area contributed by atoms with Gasteiger partial charge in [0.2, 0.25) is 5.91 Å². The number of hydrogen-bond acceptors (Lipinski definition) is 2. The molecule has 0 aromatic heterocycles. The molecule has 3 nitrogen and oxygen atoms in total. The topological polar surface area (TPSA) is 32.3 Å². The van der Waals surface area contributed by atoms with Gasteiger partial charge >= 0.3 is 6.18 Å². The minimum atomic E-state index is -4.52. The Morgan fingerprint density at radius 3 is 2.42 bits per heavy atom. The number of amides is 1. The van der Waals surface area contributed by atoms with Gasteiger partial charge in [0.1, 0.15) is 0 Å². The van der Waals surface area contributed by atoms with E-state index in [0.717, 1.165) is 11.6 Å². The van der Waals surface area contributed by atoms with Crippen molar-refractivity contribution < 1.29 is 18.0 Å². The highest BCUT2D eigenvalue weighted by atomic mass is 35.5. The van der Waals surface area contributed by atoms with E-state index in [1.165, 1.54) is 18.2 Å². The van der Waals surface area contributed by atoms with Crippen LogP contribution in [0.25, 0.3) is 0 Å². The number of nitrogens with zero attached hydrogens (tertiary/aromatic N) is 1. The summed E-state index contributed by atoms with van der Waals surface area (Å²) in [5, 5.41) is 2.89. The van der Waals surface area contributed by atoms with Gasteiger partial charge in [-0.2, -0.15) is 13.2 Å². The van der Waals surface area contributed by atoms with Crippen LogP contribution in [0.5, 0.6) is 0 Å². The largest absolute Gasteiger partial charge is 0.418 e. The number of benzene rings is 2. The van der Waals surface area contributed by atoms with E-state index in [2.05, 4.69) is 5.32 Å². The van der Waals surface area contributed by atoms with Gasteiger partial charge in [0.25, 0.3) is 0 Å². The molecule has 0 unspecified atom stereocenters. The molecule has 0 aliphatic heterocycles. The van der Waals surface area contributed by atoms with Crippen molar-refractivity contribution in [2.45, 2.75) is 12.7 Å². The third kappa shape index (κ3) is 4.97. The third-order valence-corrected chi connectivity index (χ3v) is 3.69. The highest BCUT2D eigenvalue weighted by Gasteiger charge is 2.33. The number of para-hydroxylation sites is 1. The van der Waals surface area contributed by atoms with Crippen molar-refractivity contribution in [2.24, 2.45) is 0 Å². The van der Waals surface area contributed by atoms with Crippen LogP contribution in [0.15, 0.2) is 48.5 Å². The van der Waals surface area contributed by atoms with E-state index in [-0.39, 0.29) is 12.2 Å². The van der Waals surface area contributed by atoms with E-state index < -0.39 is 17.6 Å². The van der Waals surface area contributed by atoms with Crippen LogP contribution in [-0.4, -0.2) is 24.4 Å². The third-order valence-electron chi connectivity index (χ3n) is 3.32. The first-order chi connectivity index (χ1) is 11.3. The van der Waals surface area contributed by atoms with Crippen molar-refractivity contribution in [1.82, 2.24) is 4.90 Å². The minimum absolute atomic E-state index is 0.0581. The summed E-state index contributed by atoms with van der Waals surface area (Å²) >= 11 is 6.05. The Kier molecular flexibility index (Phi) is 5.85. The number of carbonyl (C=O) groups excluding carboxylic acids is 1. The average molecular weight is 357 g/mol. The maximum Gasteiger partial charge on any atom is 0.418 e. The molecule has 0 aliphatic rings. The van der Waals surface area contributed by atoms with Gasteiger partial charge in [-0.15, -0.1) is 0 Å². The number of alkyl halides is 3. The Labute approximate surface area is 143 Å². The number of hydrogen-bond donors (Lipinski definition) is 1. The molecule has 0 atom stereocenters. The van der Waals surface area contributed by atoms with Crippen LogP contribution in [-0.2, 0) is 17.5 Å². The van der Waals surface area contributed by atoms with E-state index in [9.17, 15) is 18.0 Å². The lowest BCUT2D eigenvalue weighted by Crippen LogP contribution is -2.30. The van der Waals surface area contributed by atoms with Crippen molar-refractivity contribution >= 4 is 23.2 Å². The second-order valence-corrected chi connectivity index (χ2v) is 5.76. The molecule has 0 fully saturated rings. The number of halogens is 4. The lowest BCUT2D eigenvalue weighted by molar-refractivity contribution is -0.137. The maximum absolute atomic E-state index is 12.9. The lowest BCUT2D eigenvalue weighted by Gasteiger charge is -2.18. The zero-order valence-electron chi connectivity index (χ0n) is 12.9. The number of nitrogens with one attached hydrogen (secondary N) is 1. The fourth-order valence-electron chi connectivity index (χ4n) is 2.25. The van der Waals surface area contributed by atoms with Crippen molar-refractivity contribution in [3.05, 3.63) is 64.7 Å². The van der Waals surface area contributed by atoms with E-state index in [1.807, 2.05) is 12.1 Å². The Balaban J connectivity index is 2.00. The van der Waals surface area contributed by atoms with Gasteiger partial charge in [-0.25, -0.2) is 0 Å². The molecule has 2 aromatic rings. The normalized spacial score (nSPS) is 11.6. The van der Waals surface area contributed by atoms with Crippen LogP contribution >= 0.6 is 11.6 Å². The van der Waals surface area contributed by atoms with Gasteiger partial charge in [0.05, 0.1) is 17.8 Å². The molecular formula is C17H16ClF3N2O. The van der Waals surface area contributed by atoms with Gasteiger partial charge in [-0.1, -0.05) is 41.9 Å². The number of carbonyl (C=O) groups is 1. The Bertz CT molecular complexity index is 719. The van der Waals surface area contributed by atoms with Gasteiger partial charge in [-0.3, -0.25) is 9.69 Å². The van der Waals surface area contributed by atoms with E-state index in [0.29, 0.717) is 11.6 Å². The van der Waals surface area contributed by atoms with Crippen LogP contribution in [0, 0.1) is 0 Å². The average Bonchev–Trinajstić information content (AvgIpc) is 2.49. The van der Waals surface area contributed by atoms with E-state index >= 15 is 0 Å². The standard InChI is InChI=1S/C17H16ClF3N2O/c1-23(10-12-6-2-4-8-14(12)18)11-16(24)22-15-9-5-3-7-13(15)17(19,20)21/h2-9H,10-11H2,1H3,(H,22,24). The SMILES string of the molecule is CN(CC(=O)Nc1ccccc1C(F)(F)F)Cc1ccccc1Cl. The van der Waals surface area contributed by atoms with Gasteiger partial charge < -0.3 is 5.32 Å². The summed E-state index contributed by atoms with van der Waals surface area (Å²) in [6.07, 6.45) is -4.52. The van der Waals surface area contributed by atoms with Crippen molar-refractivity contribution in [1.29, 1.82) is 0 Å². The lowest BCUT2D eigenvalue weighted by atomic mass is 10.1. The Morgan fingerprint density at radius 2 is 1.75 bits per heavy atom. The predicted octanol–water partition coefficient (Wildman–Crippen LogP) is 4.43. The summed E-state index contributed by atoms with van der Waals surface area (Å²) in [6, 6.07) is 12.1. The minimum Gasteiger partial charge on any atom is -0.324 e. The van der Waals surface area contributed by atoms with Crippen LogP contribution in [0.4, 0.5) is 18.9 Å². The molecule has 0 bridgehead atoms. The van der Waals surface area contributed by atoms with Crippen molar-refractivity contribution in [3.63, 3.8) is 0 Å². The van der Waals surface area contributed by atoms with E-state index in [1.54, 1.807) is 24.1 Å². The molecule has 2 aromatic carbocycles. The molecule has 1 N–H and O–H groups in total. The molecule has 128 valence electrons. The van der Waals surface area contributed by atoms with E-state index in [4.69, 9.17) is 11.6 Å². The molecule has 0 aliphatic carbocycles. The molecule has 0 saturated heterocycles. The fourth-order valence-corrected chi connectivity index (χ4v) is 2.44. The van der Waals surface area contributed by atoms with Crippen LogP contribution in [0.2, 0.25) is 5.02 Å². The second kappa shape index (κ2) is 7.68. The summed E-state index contributed by atoms with van der Waals surface area (Å²) in [6.45, 7) is 0.353. The summed E-state index contributed by atoms with van der Waals surface area (Å²) in [5.74, 6) is -0.527. The number of anilines is 1. The Morgan fingerprint density at radius 1 is 1.12 bits per heavy atom. The smallest absolute Gasteiger partial charge is 0.324 e. The molecule has 0 saturated carbocycles. The van der Waals surface area contributed by atoms with Crippen LogP contribution in [0.1, 0.15) is 11.1 Å². The van der Waals surface area contributed by atoms with Crippen LogP contribution < -0.4 is 5.32 Å². The molecule has 1 amide bonds. The monoisotopic (exact) mass is 356 g/mol. The van der Waals surface area contributed by atoms with Crippen molar-refractivity contribution in [2.75, 3.05) is 18.9 Å². The highest BCUT2D eigenvalue weighted by Crippen LogP contribution is 2.34. The summed E-state index contributed by atoms with van der Waals surface area (Å²) in [7, 11) is 1.69. The molecule has 0 radical (unpaired) electrons. The summed E-state index contributed by atoms with van der Waals surface area (Å²) in [4.78, 5) is 13.7. The quantitative estimate of drug-likeness (QED) is 0.859. The van der Waals surface area contributed by atoms with Gasteiger partial charge in [0.15, 0.2) is 0 Å². The van der Waals surface area contributed by atoms with Gasteiger partial charge in [0, 0.05) is 11.6 Å². The number of likely N-dealkylation sites (N-methyl/N-ethyl adjacent to an activating group) is 1. The first-order valence-corrected chi connectivity index (χ1v) is 7.53. The zero-order chi connectivity index (χ0) is 17.7. The fraction of sp³-hybridized carbons (Fsp3) is 0.235. The van der Waals surface area contributed by atoms with Crippen molar-refractivity contribution in [3.8, 4) is 0 Å². The van der Waals surface area contributed by atoms with Crippen LogP contribution in [0.3, 0.4) is 0 Å². The zero-order valence-corrected chi connectivity index (χ0v) is 13.7. The highest BCUT2D eigenvalue weighted by molar-refractivity contribution is 6.31. The Hall–Kier alpha value is -2.05. The summed E-state index contributed by atoms with van der Waals surface area (Å²) in [5.41, 5.74) is -0.279. The molecule has 2 rings (SSSR count). The first kappa shape index (κ1) is 18.3. The predicted molar refractivity (Wildman–Crippen MR) is 87.9 cm³/mol. The number of rotatable bonds is 5. The van der Waals surface area contributed by atoms with Gasteiger partial charge in [-0.05, 0) is 30.8 Å².